The van der Waals surface area contributed by atoms with Gasteiger partial charge in [0.15, 0.2) is 0 Å². The van der Waals surface area contributed by atoms with Crippen molar-refractivity contribution < 1.29 is 17.9 Å². The molecule has 0 N–H and O–H groups in total. The Labute approximate surface area is 78.5 Å². The fourth-order valence-corrected chi connectivity index (χ4v) is 0.985. The van der Waals surface area contributed by atoms with Crippen LogP contribution < -0.4 is 4.74 Å². The van der Waals surface area contributed by atoms with Crippen molar-refractivity contribution in [1.82, 2.24) is 0 Å². The Kier molecular flexibility index (Phi) is 3.35. The maximum Gasteiger partial charge on any atom is 0.387 e. The van der Waals surface area contributed by atoms with Crippen LogP contribution in [0.5, 0.6) is 5.75 Å². The average Bonchev–Trinajstić information content (AvgIpc) is 2.01. The van der Waals surface area contributed by atoms with Crippen LogP contribution in [0.25, 0.3) is 0 Å². The number of hydrogen-bond donors (Lipinski definition) is 0. The van der Waals surface area contributed by atoms with Crippen molar-refractivity contribution in [3.8, 4) is 11.8 Å². The van der Waals surface area contributed by atoms with E-state index in [1.807, 2.05) is 0 Å². The normalized spacial score (nSPS) is 9.93. The lowest BCUT2D eigenvalue weighted by Gasteiger charge is -2.05. The van der Waals surface area contributed by atoms with E-state index in [1.165, 1.54) is 6.07 Å². The zero-order valence-electron chi connectivity index (χ0n) is 7.01. The molecule has 0 saturated heterocycles. The molecule has 2 nitrogen and oxygen atoms in total. The van der Waals surface area contributed by atoms with Crippen LogP contribution in [0.1, 0.15) is 5.56 Å². The Morgan fingerprint density at radius 1 is 1.36 bits per heavy atom. The van der Waals surface area contributed by atoms with Crippen molar-refractivity contribution >= 4 is 0 Å². The predicted molar refractivity (Wildman–Crippen MR) is 42.3 cm³/mol. The number of ether oxygens (including phenoxy) is 1. The first-order valence-corrected chi connectivity index (χ1v) is 3.73. The van der Waals surface area contributed by atoms with Gasteiger partial charge in [-0.1, -0.05) is 0 Å². The highest BCUT2D eigenvalue weighted by Gasteiger charge is 2.07. The molecule has 0 saturated carbocycles. The van der Waals surface area contributed by atoms with E-state index in [-0.39, 0.29) is 12.2 Å². The first-order valence-electron chi connectivity index (χ1n) is 3.73. The molecule has 0 heterocycles. The van der Waals surface area contributed by atoms with Crippen molar-refractivity contribution in [2.45, 2.75) is 13.0 Å². The molecule has 0 aliphatic carbocycles. The minimum absolute atomic E-state index is 0.0443. The maximum absolute atomic E-state index is 12.8. The Bertz CT molecular complexity index is 360. The van der Waals surface area contributed by atoms with Gasteiger partial charge < -0.3 is 4.74 Å². The summed E-state index contributed by atoms with van der Waals surface area (Å²) in [5.74, 6) is -0.973. The minimum Gasteiger partial charge on any atom is -0.435 e. The smallest absolute Gasteiger partial charge is 0.387 e. The summed E-state index contributed by atoms with van der Waals surface area (Å²) < 4.78 is 40.3. The largest absolute Gasteiger partial charge is 0.435 e. The molecule has 14 heavy (non-hydrogen) atoms. The first kappa shape index (κ1) is 10.4. The van der Waals surface area contributed by atoms with Gasteiger partial charge in [0, 0.05) is 6.07 Å². The van der Waals surface area contributed by atoms with E-state index in [1.54, 1.807) is 6.07 Å². The number of benzene rings is 1. The summed E-state index contributed by atoms with van der Waals surface area (Å²) in [6.45, 7) is -2.99. The van der Waals surface area contributed by atoms with Crippen LogP contribution in [0.3, 0.4) is 0 Å². The Morgan fingerprint density at radius 2 is 2.07 bits per heavy atom. The molecule has 1 aromatic rings. The van der Waals surface area contributed by atoms with Crippen LogP contribution in [0.15, 0.2) is 18.2 Å². The van der Waals surface area contributed by atoms with Crippen molar-refractivity contribution in [3.05, 3.63) is 29.6 Å². The number of rotatable bonds is 3. The molecule has 0 unspecified atom stereocenters. The van der Waals surface area contributed by atoms with E-state index in [9.17, 15) is 13.2 Å². The van der Waals surface area contributed by atoms with Crippen LogP contribution in [0, 0.1) is 17.1 Å². The van der Waals surface area contributed by atoms with Gasteiger partial charge in [-0.05, 0) is 17.7 Å². The van der Waals surface area contributed by atoms with Gasteiger partial charge >= 0.3 is 6.61 Å². The fraction of sp³-hybridized carbons (Fsp3) is 0.222. The third-order valence-electron chi connectivity index (χ3n) is 1.44. The van der Waals surface area contributed by atoms with Gasteiger partial charge in [-0.3, -0.25) is 0 Å². The topological polar surface area (TPSA) is 33.0 Å². The van der Waals surface area contributed by atoms with E-state index in [0.717, 1.165) is 12.1 Å². The highest BCUT2D eigenvalue weighted by molar-refractivity contribution is 5.31. The van der Waals surface area contributed by atoms with E-state index >= 15 is 0 Å². The molecule has 1 rings (SSSR count). The lowest BCUT2D eigenvalue weighted by Crippen LogP contribution is -2.02. The Balaban J connectivity index is 2.90. The standard InChI is InChI=1S/C9H6F3NO/c10-7-3-6(1-2-13)4-8(5-7)14-9(11)12/h3-5,9H,1H2. The second-order valence-corrected chi connectivity index (χ2v) is 2.51. The number of halogens is 3. The fourth-order valence-electron chi connectivity index (χ4n) is 0.985. The second kappa shape index (κ2) is 4.51. The van der Waals surface area contributed by atoms with Crippen LogP contribution in [-0.4, -0.2) is 6.61 Å². The van der Waals surface area contributed by atoms with Crippen molar-refractivity contribution in [2.24, 2.45) is 0 Å². The molecule has 0 aliphatic rings. The molecule has 74 valence electrons. The summed E-state index contributed by atoms with van der Waals surface area (Å²) in [5.41, 5.74) is 0.308. The SMILES string of the molecule is N#CCc1cc(F)cc(OC(F)F)c1. The first-order chi connectivity index (χ1) is 6.61. The van der Waals surface area contributed by atoms with Crippen LogP contribution in [-0.2, 0) is 6.42 Å². The predicted octanol–water partition coefficient (Wildman–Crippen LogP) is 2.49. The molecule has 0 radical (unpaired) electrons. The summed E-state index contributed by atoms with van der Waals surface area (Å²) >= 11 is 0. The highest BCUT2D eigenvalue weighted by Crippen LogP contribution is 2.18. The summed E-state index contributed by atoms with van der Waals surface area (Å²) in [7, 11) is 0. The highest BCUT2D eigenvalue weighted by atomic mass is 19.3. The molecule has 0 aliphatic heterocycles. The zero-order valence-corrected chi connectivity index (χ0v) is 7.01. The van der Waals surface area contributed by atoms with Crippen molar-refractivity contribution in [1.29, 1.82) is 5.26 Å². The summed E-state index contributed by atoms with van der Waals surface area (Å²) in [4.78, 5) is 0. The van der Waals surface area contributed by atoms with Gasteiger partial charge in [0.2, 0.25) is 0 Å². The molecule has 0 atom stereocenters. The molecular formula is C9H6F3NO. The number of alkyl halides is 2. The summed E-state index contributed by atoms with van der Waals surface area (Å²) in [6, 6.07) is 4.93. The van der Waals surface area contributed by atoms with Gasteiger partial charge in [-0.15, -0.1) is 0 Å². The van der Waals surface area contributed by atoms with Gasteiger partial charge in [-0.25, -0.2) is 4.39 Å². The van der Waals surface area contributed by atoms with Crippen LogP contribution in [0.4, 0.5) is 13.2 Å². The van der Waals surface area contributed by atoms with E-state index in [2.05, 4.69) is 4.74 Å². The lowest BCUT2D eigenvalue weighted by atomic mass is 10.1. The van der Waals surface area contributed by atoms with Crippen molar-refractivity contribution in [2.75, 3.05) is 0 Å². The second-order valence-electron chi connectivity index (χ2n) is 2.51. The Morgan fingerprint density at radius 3 is 2.64 bits per heavy atom. The summed E-state index contributed by atoms with van der Waals surface area (Å²) in [6.07, 6.45) is -0.0443. The average molecular weight is 201 g/mol. The quantitative estimate of drug-likeness (QED) is 0.752. The molecular weight excluding hydrogens is 195 g/mol. The lowest BCUT2D eigenvalue weighted by molar-refractivity contribution is -0.0500. The molecule has 0 aromatic heterocycles. The van der Waals surface area contributed by atoms with Gasteiger partial charge in [0.05, 0.1) is 12.5 Å². The molecule has 1 aromatic carbocycles. The maximum atomic E-state index is 12.8. The van der Waals surface area contributed by atoms with E-state index in [0.29, 0.717) is 5.56 Å². The minimum atomic E-state index is -2.99. The van der Waals surface area contributed by atoms with Crippen LogP contribution in [0.2, 0.25) is 0 Å². The van der Waals surface area contributed by atoms with Gasteiger partial charge in [0.1, 0.15) is 11.6 Å². The molecule has 0 fully saturated rings. The molecule has 0 spiro atoms. The third-order valence-corrected chi connectivity index (χ3v) is 1.44. The number of nitrogens with zero attached hydrogens (tertiary/aromatic N) is 1. The van der Waals surface area contributed by atoms with Crippen molar-refractivity contribution in [3.63, 3.8) is 0 Å². The Hall–Kier alpha value is -1.70. The number of hydrogen-bond acceptors (Lipinski definition) is 2. The van der Waals surface area contributed by atoms with Gasteiger partial charge in [0.25, 0.3) is 0 Å². The summed E-state index contributed by atoms with van der Waals surface area (Å²) in [5, 5.41) is 8.32. The van der Waals surface area contributed by atoms with E-state index in [4.69, 9.17) is 5.26 Å². The van der Waals surface area contributed by atoms with E-state index < -0.39 is 12.4 Å². The van der Waals surface area contributed by atoms with Crippen LogP contribution >= 0.6 is 0 Å². The molecule has 0 amide bonds. The third kappa shape index (κ3) is 2.98. The van der Waals surface area contributed by atoms with Gasteiger partial charge in [-0.2, -0.15) is 14.0 Å². The molecule has 5 heteroatoms. The molecule has 0 bridgehead atoms. The number of nitriles is 1. The zero-order chi connectivity index (χ0) is 10.6. The monoisotopic (exact) mass is 201 g/mol.